The number of carbonyl (C=O) groups is 1. The first-order chi connectivity index (χ1) is 13.1. The normalized spacial score (nSPS) is 14.6. The zero-order valence-electron chi connectivity index (χ0n) is 14.9. The van der Waals surface area contributed by atoms with Gasteiger partial charge in [-0.05, 0) is 43.3 Å². The summed E-state index contributed by atoms with van der Waals surface area (Å²) in [6.45, 7) is 4.66. The number of piperazine rings is 1. The zero-order chi connectivity index (χ0) is 18.8. The Labute approximate surface area is 164 Å². The van der Waals surface area contributed by atoms with Crippen LogP contribution in [-0.2, 0) is 4.79 Å². The minimum atomic E-state index is -0.00404. The number of halogens is 1. The van der Waals surface area contributed by atoms with Crippen LogP contribution in [0.1, 0.15) is 5.82 Å². The summed E-state index contributed by atoms with van der Waals surface area (Å²) in [6.07, 6.45) is 0. The maximum absolute atomic E-state index is 12.4. The quantitative estimate of drug-likeness (QED) is 0.629. The van der Waals surface area contributed by atoms with E-state index in [1.165, 1.54) is 0 Å². The van der Waals surface area contributed by atoms with E-state index < -0.39 is 0 Å². The Morgan fingerprint density at radius 1 is 1.07 bits per heavy atom. The van der Waals surface area contributed by atoms with Crippen molar-refractivity contribution in [2.24, 2.45) is 0 Å². The van der Waals surface area contributed by atoms with E-state index in [1.807, 2.05) is 48.2 Å². The lowest BCUT2D eigenvalue weighted by molar-refractivity contribution is -0.133. The molecule has 3 aromatic rings. The van der Waals surface area contributed by atoms with Crippen molar-refractivity contribution in [1.29, 1.82) is 0 Å². The van der Waals surface area contributed by atoms with Gasteiger partial charge in [0.25, 0.3) is 5.91 Å². The van der Waals surface area contributed by atoms with Crippen molar-refractivity contribution < 1.29 is 9.53 Å². The van der Waals surface area contributed by atoms with E-state index in [4.69, 9.17) is 4.74 Å². The summed E-state index contributed by atoms with van der Waals surface area (Å²) < 4.78 is 8.30. The molecule has 4 rings (SSSR count). The van der Waals surface area contributed by atoms with Crippen molar-refractivity contribution in [3.05, 3.63) is 46.7 Å². The first-order valence-electron chi connectivity index (χ1n) is 8.70. The second-order valence-electron chi connectivity index (χ2n) is 6.32. The van der Waals surface area contributed by atoms with Crippen molar-refractivity contribution in [3.63, 3.8) is 0 Å². The van der Waals surface area contributed by atoms with Crippen molar-refractivity contribution in [2.45, 2.75) is 6.92 Å². The van der Waals surface area contributed by atoms with E-state index in [-0.39, 0.29) is 12.5 Å². The molecule has 0 saturated carbocycles. The topological polar surface area (TPSA) is 75.9 Å². The molecule has 0 bridgehead atoms. The fourth-order valence-electron chi connectivity index (χ4n) is 3.01. The van der Waals surface area contributed by atoms with Gasteiger partial charge in [-0.1, -0.05) is 15.9 Å². The third kappa shape index (κ3) is 3.87. The van der Waals surface area contributed by atoms with Crippen LogP contribution in [0, 0.1) is 6.92 Å². The second kappa shape index (κ2) is 7.51. The number of hydrogen-bond acceptors (Lipinski definition) is 6. The molecule has 2 aromatic heterocycles. The Morgan fingerprint density at radius 3 is 2.56 bits per heavy atom. The number of anilines is 1. The molecule has 0 atom stereocenters. The predicted octanol–water partition coefficient (Wildman–Crippen LogP) is 1.92. The lowest BCUT2D eigenvalue weighted by Crippen LogP contribution is -2.50. The predicted molar refractivity (Wildman–Crippen MR) is 104 cm³/mol. The van der Waals surface area contributed by atoms with E-state index >= 15 is 0 Å². The average molecular weight is 431 g/mol. The maximum atomic E-state index is 12.4. The molecule has 0 spiro atoms. The van der Waals surface area contributed by atoms with E-state index in [2.05, 4.69) is 36.1 Å². The number of rotatable bonds is 4. The minimum absolute atomic E-state index is 0.00404. The number of fused-ring (bicyclic) bond motifs is 1. The molecular formula is C18H19BrN6O2. The van der Waals surface area contributed by atoms with Crippen molar-refractivity contribution in [3.8, 4) is 5.75 Å². The standard InChI is InChI=1S/C18H19BrN6O2/c1-13-20-21-16-6-7-17(22-25(13)16)23-8-10-24(11-9-23)18(26)12-27-15-4-2-14(19)3-5-15/h2-7H,8-12H2,1H3. The Kier molecular flexibility index (Phi) is 4.93. The highest BCUT2D eigenvalue weighted by Crippen LogP contribution is 2.17. The van der Waals surface area contributed by atoms with Crippen molar-refractivity contribution in [2.75, 3.05) is 37.7 Å². The SMILES string of the molecule is Cc1nnc2ccc(N3CCN(C(=O)COc4ccc(Br)cc4)CC3)nn12. The molecule has 3 heterocycles. The number of benzene rings is 1. The van der Waals surface area contributed by atoms with Crippen LogP contribution in [0.3, 0.4) is 0 Å². The molecule has 1 amide bonds. The number of amides is 1. The van der Waals surface area contributed by atoms with Gasteiger partial charge in [-0.25, -0.2) is 0 Å². The highest BCUT2D eigenvalue weighted by Gasteiger charge is 2.22. The summed E-state index contributed by atoms with van der Waals surface area (Å²) >= 11 is 3.38. The third-order valence-corrected chi connectivity index (χ3v) is 5.07. The molecule has 8 nitrogen and oxygen atoms in total. The number of aromatic nitrogens is 4. The smallest absolute Gasteiger partial charge is 0.260 e. The molecule has 0 radical (unpaired) electrons. The molecule has 1 aliphatic rings. The van der Waals surface area contributed by atoms with Gasteiger partial charge in [-0.2, -0.15) is 4.52 Å². The van der Waals surface area contributed by atoms with Crippen molar-refractivity contribution >= 4 is 33.3 Å². The Hall–Kier alpha value is -2.68. The van der Waals surface area contributed by atoms with Crippen LogP contribution in [0.5, 0.6) is 5.75 Å². The summed E-state index contributed by atoms with van der Waals surface area (Å²) in [4.78, 5) is 16.4. The molecule has 1 fully saturated rings. The molecule has 0 N–H and O–H groups in total. The van der Waals surface area contributed by atoms with Gasteiger partial charge in [0.2, 0.25) is 0 Å². The lowest BCUT2D eigenvalue weighted by atomic mass is 10.3. The van der Waals surface area contributed by atoms with E-state index in [1.54, 1.807) is 4.52 Å². The Morgan fingerprint density at radius 2 is 1.81 bits per heavy atom. The first kappa shape index (κ1) is 17.7. The van der Waals surface area contributed by atoms with Gasteiger partial charge >= 0.3 is 0 Å². The lowest BCUT2D eigenvalue weighted by Gasteiger charge is -2.35. The van der Waals surface area contributed by atoms with Gasteiger partial charge in [-0.15, -0.1) is 15.3 Å². The minimum Gasteiger partial charge on any atom is -0.484 e. The van der Waals surface area contributed by atoms with E-state index in [0.29, 0.717) is 18.8 Å². The summed E-state index contributed by atoms with van der Waals surface area (Å²) in [7, 11) is 0. The van der Waals surface area contributed by atoms with Gasteiger partial charge in [0, 0.05) is 30.7 Å². The summed E-state index contributed by atoms with van der Waals surface area (Å²) in [5.41, 5.74) is 0.732. The van der Waals surface area contributed by atoms with Gasteiger partial charge in [0.1, 0.15) is 11.6 Å². The van der Waals surface area contributed by atoms with E-state index in [0.717, 1.165) is 34.9 Å². The molecule has 1 aliphatic heterocycles. The third-order valence-electron chi connectivity index (χ3n) is 4.54. The van der Waals surface area contributed by atoms with Crippen LogP contribution in [0.15, 0.2) is 40.9 Å². The molecule has 0 aliphatic carbocycles. The number of carbonyl (C=O) groups excluding carboxylic acids is 1. The summed E-state index contributed by atoms with van der Waals surface area (Å²) in [5.74, 6) is 2.30. The largest absolute Gasteiger partial charge is 0.484 e. The number of nitrogens with zero attached hydrogens (tertiary/aromatic N) is 6. The van der Waals surface area contributed by atoms with Crippen LogP contribution >= 0.6 is 15.9 Å². The van der Waals surface area contributed by atoms with Crippen molar-refractivity contribution in [1.82, 2.24) is 24.7 Å². The number of ether oxygens (including phenoxy) is 1. The molecule has 9 heteroatoms. The highest BCUT2D eigenvalue weighted by molar-refractivity contribution is 9.10. The van der Waals surface area contributed by atoms with Crippen LogP contribution in [0.2, 0.25) is 0 Å². The molecule has 27 heavy (non-hydrogen) atoms. The monoisotopic (exact) mass is 430 g/mol. The van der Waals surface area contributed by atoms with Gasteiger partial charge in [-0.3, -0.25) is 4.79 Å². The average Bonchev–Trinajstić information content (AvgIpc) is 3.08. The maximum Gasteiger partial charge on any atom is 0.260 e. The molecule has 1 saturated heterocycles. The van der Waals surface area contributed by atoms with Crippen LogP contribution in [0.25, 0.3) is 5.65 Å². The first-order valence-corrected chi connectivity index (χ1v) is 9.49. The van der Waals surface area contributed by atoms with Gasteiger partial charge in [0.05, 0.1) is 0 Å². The zero-order valence-corrected chi connectivity index (χ0v) is 16.5. The number of aryl methyl sites for hydroxylation is 1. The molecule has 0 unspecified atom stereocenters. The number of hydrogen-bond donors (Lipinski definition) is 0. The molecule has 140 valence electrons. The summed E-state index contributed by atoms with van der Waals surface area (Å²) in [5, 5.41) is 12.7. The molecular weight excluding hydrogens is 412 g/mol. The van der Waals surface area contributed by atoms with Crippen LogP contribution in [0.4, 0.5) is 5.82 Å². The second-order valence-corrected chi connectivity index (χ2v) is 7.23. The molecule has 1 aromatic carbocycles. The van der Waals surface area contributed by atoms with E-state index in [9.17, 15) is 4.79 Å². The van der Waals surface area contributed by atoms with Crippen LogP contribution < -0.4 is 9.64 Å². The fourth-order valence-corrected chi connectivity index (χ4v) is 3.27. The Balaban J connectivity index is 1.33. The fraction of sp³-hybridized carbons (Fsp3) is 0.333. The Bertz CT molecular complexity index is 950. The highest BCUT2D eigenvalue weighted by atomic mass is 79.9. The summed E-state index contributed by atoms with van der Waals surface area (Å²) in [6, 6.07) is 11.3. The van der Waals surface area contributed by atoms with Gasteiger partial charge < -0.3 is 14.5 Å². The van der Waals surface area contributed by atoms with Gasteiger partial charge in [0.15, 0.2) is 18.1 Å². The van der Waals surface area contributed by atoms with Crippen LogP contribution in [-0.4, -0.2) is 63.4 Å².